The molecular formula is C62H55BN4. The first kappa shape index (κ1) is 40.1. The zero-order chi connectivity index (χ0) is 45.9. The third-order valence-corrected chi connectivity index (χ3v) is 15.1. The molecule has 0 bridgehead atoms. The van der Waals surface area contributed by atoms with E-state index in [1.807, 2.05) is 0 Å². The maximum absolute atomic E-state index is 2.76. The van der Waals surface area contributed by atoms with Crippen molar-refractivity contribution in [2.45, 2.75) is 78.6 Å². The SMILES string of the molecule is CC(C)(C)c1ccc(N2c3cc(C(C)(C)C)cc4c3B(c3c2n(-c2ccccc2)c2ccc(C(C)(C)C)cc32)n2c3ccc5c6ccccc6n(-c6ccccc6)c5c3c3cccc-4c32)cc1. The smallest absolute Gasteiger partial charge is 0.335 e. The Bertz CT molecular complexity index is 3840. The number of nitrogens with zero attached hydrogens (tertiary/aromatic N) is 4. The highest BCUT2D eigenvalue weighted by molar-refractivity contribution is 6.91. The molecule has 2 aliphatic rings. The van der Waals surface area contributed by atoms with E-state index in [2.05, 4.69) is 251 Å². The van der Waals surface area contributed by atoms with Gasteiger partial charge in [-0.3, -0.25) is 9.47 Å². The second kappa shape index (κ2) is 13.7. The van der Waals surface area contributed by atoms with Crippen LogP contribution in [0.1, 0.15) is 79.0 Å². The summed E-state index contributed by atoms with van der Waals surface area (Å²) in [5.74, 6) is 1.19. The minimum absolute atomic E-state index is 0.0203. The molecule has 0 amide bonds. The molecule has 326 valence electrons. The summed E-state index contributed by atoms with van der Waals surface area (Å²) in [7, 11) is 0. The minimum atomic E-state index is -0.135. The largest absolute Gasteiger partial charge is 0.375 e. The number of benzene rings is 8. The molecule has 3 aromatic heterocycles. The van der Waals surface area contributed by atoms with Gasteiger partial charge in [-0.05, 0) is 116 Å². The molecule has 0 aliphatic carbocycles. The Morgan fingerprint density at radius 3 is 1.66 bits per heavy atom. The number of rotatable bonds is 3. The number of fused-ring (bicyclic) bond motifs is 13. The molecule has 11 aromatic rings. The van der Waals surface area contributed by atoms with Crippen LogP contribution in [-0.4, -0.2) is 20.5 Å². The van der Waals surface area contributed by atoms with Crippen molar-refractivity contribution >= 4 is 89.5 Å². The molecule has 0 fully saturated rings. The van der Waals surface area contributed by atoms with Crippen LogP contribution in [0.2, 0.25) is 0 Å². The van der Waals surface area contributed by atoms with Crippen molar-refractivity contribution in [1.29, 1.82) is 0 Å². The van der Waals surface area contributed by atoms with Crippen LogP contribution in [0.25, 0.3) is 77.0 Å². The number of hydrogen-bond acceptors (Lipinski definition) is 1. The van der Waals surface area contributed by atoms with E-state index >= 15 is 0 Å². The van der Waals surface area contributed by atoms with Crippen LogP contribution < -0.4 is 15.8 Å². The first-order valence-electron chi connectivity index (χ1n) is 24.1. The molecule has 2 aliphatic heterocycles. The molecule has 5 heteroatoms. The van der Waals surface area contributed by atoms with Crippen molar-refractivity contribution in [2.24, 2.45) is 0 Å². The van der Waals surface area contributed by atoms with Gasteiger partial charge >= 0.3 is 6.85 Å². The van der Waals surface area contributed by atoms with Crippen LogP contribution in [0, 0.1) is 0 Å². The normalized spacial score (nSPS) is 13.7. The first-order chi connectivity index (χ1) is 32.2. The maximum Gasteiger partial charge on any atom is 0.335 e. The highest BCUT2D eigenvalue weighted by Crippen LogP contribution is 2.51. The summed E-state index contributed by atoms with van der Waals surface area (Å²) >= 11 is 0. The molecule has 13 rings (SSSR count). The van der Waals surface area contributed by atoms with Crippen molar-refractivity contribution in [3.05, 3.63) is 187 Å². The number of aromatic nitrogens is 3. The lowest BCUT2D eigenvalue weighted by Gasteiger charge is -2.41. The number of para-hydroxylation sites is 4. The van der Waals surface area contributed by atoms with E-state index in [-0.39, 0.29) is 23.1 Å². The Hall–Kier alpha value is -7.24. The lowest BCUT2D eigenvalue weighted by Crippen LogP contribution is -2.56. The van der Waals surface area contributed by atoms with E-state index in [0.29, 0.717) is 0 Å². The van der Waals surface area contributed by atoms with Crippen LogP contribution in [0.4, 0.5) is 17.2 Å². The van der Waals surface area contributed by atoms with Gasteiger partial charge in [0.2, 0.25) is 0 Å². The topological polar surface area (TPSA) is 18.0 Å². The molecule has 8 aromatic carbocycles. The monoisotopic (exact) mass is 866 g/mol. The highest BCUT2D eigenvalue weighted by Gasteiger charge is 2.47. The summed E-state index contributed by atoms with van der Waals surface area (Å²) < 4.78 is 7.84. The lowest BCUT2D eigenvalue weighted by molar-refractivity contribution is 0.590. The van der Waals surface area contributed by atoms with Crippen molar-refractivity contribution in [3.8, 4) is 22.5 Å². The zero-order valence-corrected chi connectivity index (χ0v) is 40.0. The van der Waals surface area contributed by atoms with Gasteiger partial charge in [0.25, 0.3) is 0 Å². The molecule has 5 heterocycles. The number of anilines is 3. The third kappa shape index (κ3) is 5.61. The Kier molecular flexibility index (Phi) is 8.18. The van der Waals surface area contributed by atoms with Crippen molar-refractivity contribution in [2.75, 3.05) is 4.90 Å². The van der Waals surface area contributed by atoms with Crippen molar-refractivity contribution in [1.82, 2.24) is 13.6 Å². The second-order valence-corrected chi connectivity index (χ2v) is 22.2. The second-order valence-electron chi connectivity index (χ2n) is 22.2. The van der Waals surface area contributed by atoms with E-state index in [0.717, 1.165) is 11.4 Å². The average molecular weight is 867 g/mol. The van der Waals surface area contributed by atoms with Crippen molar-refractivity contribution < 1.29 is 0 Å². The third-order valence-electron chi connectivity index (χ3n) is 15.1. The van der Waals surface area contributed by atoms with Gasteiger partial charge < -0.3 is 9.05 Å². The summed E-state index contributed by atoms with van der Waals surface area (Å²) in [6.45, 7) is 20.9. The average Bonchev–Trinajstić information content (AvgIpc) is 3.96. The van der Waals surface area contributed by atoms with E-state index in [4.69, 9.17) is 0 Å². The zero-order valence-electron chi connectivity index (χ0n) is 40.0. The molecule has 0 saturated carbocycles. The Balaban J connectivity index is 1.26. The van der Waals surface area contributed by atoms with Gasteiger partial charge in [-0.15, -0.1) is 0 Å². The van der Waals surface area contributed by atoms with Gasteiger partial charge in [0, 0.05) is 66.4 Å². The number of hydrogen-bond donors (Lipinski definition) is 0. The maximum atomic E-state index is 2.76. The van der Waals surface area contributed by atoms with Crippen LogP contribution in [0.3, 0.4) is 0 Å². The molecule has 0 N–H and O–H groups in total. The Labute approximate surface area is 393 Å². The molecule has 0 saturated heterocycles. The van der Waals surface area contributed by atoms with Crippen molar-refractivity contribution in [3.63, 3.8) is 0 Å². The fourth-order valence-corrected chi connectivity index (χ4v) is 11.7. The van der Waals surface area contributed by atoms with E-state index in [1.54, 1.807) is 0 Å². The van der Waals surface area contributed by atoms with Gasteiger partial charge in [-0.2, -0.15) is 0 Å². The van der Waals surface area contributed by atoms with E-state index in [1.165, 1.54) is 110 Å². The summed E-state index contributed by atoms with van der Waals surface area (Å²) in [5.41, 5.74) is 20.1. The standard InChI is InChI=1S/C62H55BN4/c1-60(2,3)38-27-30-43(31-28-38)66-53-37-40(62(7,8)9)36-48-45-24-18-25-47-54-52(34-32-46-44-23-16-17-26-50(44)64(58(46)54)41-19-12-10-13-20-41)67(57(45)47)63(55(48)53)56-49-35-39(61(4,5)6)29-33-51(49)65(59(56)66)42-21-14-11-15-22-42/h10-37H,1-9H3. The Morgan fingerprint density at radius 1 is 0.373 bits per heavy atom. The van der Waals surface area contributed by atoms with Crippen LogP contribution >= 0.6 is 0 Å². The molecule has 0 radical (unpaired) electrons. The molecular weight excluding hydrogens is 812 g/mol. The van der Waals surface area contributed by atoms with Gasteiger partial charge in [0.05, 0.1) is 16.6 Å². The highest BCUT2D eigenvalue weighted by atomic mass is 15.3. The van der Waals surface area contributed by atoms with Gasteiger partial charge in [-0.1, -0.05) is 165 Å². The molecule has 0 atom stereocenters. The fourth-order valence-electron chi connectivity index (χ4n) is 11.7. The summed E-state index contributed by atoms with van der Waals surface area (Å²) in [6.07, 6.45) is 0. The Morgan fingerprint density at radius 2 is 0.970 bits per heavy atom. The summed E-state index contributed by atoms with van der Waals surface area (Å²) in [4.78, 5) is 2.62. The molecule has 0 unspecified atom stereocenters. The fraction of sp³-hybridized carbons (Fsp3) is 0.194. The predicted molar refractivity (Wildman–Crippen MR) is 287 cm³/mol. The van der Waals surface area contributed by atoms with E-state index < -0.39 is 0 Å². The predicted octanol–water partition coefficient (Wildman–Crippen LogP) is 15.1. The van der Waals surface area contributed by atoms with Crippen LogP contribution in [-0.2, 0) is 16.2 Å². The first-order valence-corrected chi connectivity index (χ1v) is 24.1. The quantitative estimate of drug-likeness (QED) is 0.162. The molecule has 4 nitrogen and oxygen atoms in total. The van der Waals surface area contributed by atoms with Gasteiger partial charge in [0.15, 0.2) is 0 Å². The minimum Gasteiger partial charge on any atom is -0.375 e. The summed E-state index contributed by atoms with van der Waals surface area (Å²) in [6, 6.07) is 64.7. The van der Waals surface area contributed by atoms with Crippen LogP contribution in [0.15, 0.2) is 170 Å². The van der Waals surface area contributed by atoms with Gasteiger partial charge in [-0.25, -0.2) is 0 Å². The molecule has 67 heavy (non-hydrogen) atoms. The summed E-state index contributed by atoms with van der Waals surface area (Å²) in [5, 5.41) is 6.41. The van der Waals surface area contributed by atoms with Gasteiger partial charge in [0.1, 0.15) is 5.82 Å². The van der Waals surface area contributed by atoms with E-state index in [9.17, 15) is 0 Å². The lowest BCUT2D eigenvalue weighted by atomic mass is 9.45. The molecule has 0 spiro atoms. The van der Waals surface area contributed by atoms with Crippen LogP contribution in [0.5, 0.6) is 0 Å².